The maximum absolute atomic E-state index is 12.4. The number of esters is 1. The first-order valence-electron chi connectivity index (χ1n) is 7.44. The normalized spacial score (nSPS) is 10.9. The number of fused-ring (bicyclic) bond motifs is 1. The van der Waals surface area contributed by atoms with Gasteiger partial charge in [-0.3, -0.25) is 9.36 Å². The van der Waals surface area contributed by atoms with E-state index in [4.69, 9.17) is 9.15 Å². The van der Waals surface area contributed by atoms with E-state index < -0.39 is 5.97 Å². The van der Waals surface area contributed by atoms with Crippen LogP contribution in [0.2, 0.25) is 0 Å². The SMILES string of the molecule is CCOC(=O)c1ccoc1CSc1nc2ccccc2c(=O)n1C. The van der Waals surface area contributed by atoms with Crippen molar-refractivity contribution < 1.29 is 13.9 Å². The maximum atomic E-state index is 12.4. The smallest absolute Gasteiger partial charge is 0.341 e. The Morgan fingerprint density at radius 2 is 2.12 bits per heavy atom. The van der Waals surface area contributed by atoms with Crippen LogP contribution in [-0.4, -0.2) is 22.1 Å². The number of aromatic nitrogens is 2. The molecule has 0 unspecified atom stereocenters. The number of ether oxygens (including phenoxy) is 1. The van der Waals surface area contributed by atoms with Gasteiger partial charge >= 0.3 is 5.97 Å². The fourth-order valence-electron chi connectivity index (χ4n) is 2.30. The van der Waals surface area contributed by atoms with E-state index in [-0.39, 0.29) is 5.56 Å². The minimum Gasteiger partial charge on any atom is -0.468 e. The van der Waals surface area contributed by atoms with Crippen LogP contribution in [0.25, 0.3) is 10.9 Å². The lowest BCUT2D eigenvalue weighted by Crippen LogP contribution is -2.20. The molecule has 0 aliphatic heterocycles. The molecule has 124 valence electrons. The van der Waals surface area contributed by atoms with Gasteiger partial charge < -0.3 is 9.15 Å². The molecule has 0 amide bonds. The van der Waals surface area contributed by atoms with E-state index in [9.17, 15) is 9.59 Å². The molecule has 3 aromatic rings. The van der Waals surface area contributed by atoms with Gasteiger partial charge in [-0.2, -0.15) is 0 Å². The molecule has 0 aliphatic rings. The number of hydrogen-bond donors (Lipinski definition) is 0. The van der Waals surface area contributed by atoms with Crippen LogP contribution in [0.1, 0.15) is 23.0 Å². The summed E-state index contributed by atoms with van der Waals surface area (Å²) in [5.41, 5.74) is 0.941. The van der Waals surface area contributed by atoms with E-state index in [1.807, 2.05) is 12.1 Å². The second kappa shape index (κ2) is 6.92. The molecule has 1 aromatic carbocycles. The number of benzene rings is 1. The second-order valence-corrected chi connectivity index (χ2v) is 5.98. The molecule has 7 heteroatoms. The summed E-state index contributed by atoms with van der Waals surface area (Å²) in [6, 6.07) is 8.80. The average molecular weight is 344 g/mol. The molecule has 24 heavy (non-hydrogen) atoms. The second-order valence-electron chi connectivity index (χ2n) is 5.04. The maximum Gasteiger partial charge on any atom is 0.341 e. The zero-order valence-electron chi connectivity index (χ0n) is 13.3. The standard InChI is InChI=1S/C17H16N2O4S/c1-3-22-16(21)12-8-9-23-14(12)10-24-17-18-13-7-5-4-6-11(13)15(20)19(17)2/h4-9H,3,10H2,1-2H3. The summed E-state index contributed by atoms with van der Waals surface area (Å²) in [4.78, 5) is 28.8. The van der Waals surface area contributed by atoms with Gasteiger partial charge in [0.15, 0.2) is 5.16 Å². The predicted molar refractivity (Wildman–Crippen MR) is 91.2 cm³/mol. The number of hydrogen-bond acceptors (Lipinski definition) is 6. The number of carbonyl (C=O) groups excluding carboxylic acids is 1. The van der Waals surface area contributed by atoms with Crippen molar-refractivity contribution in [3.05, 3.63) is 58.3 Å². The lowest BCUT2D eigenvalue weighted by atomic mass is 10.2. The quantitative estimate of drug-likeness (QED) is 0.402. The zero-order chi connectivity index (χ0) is 17.1. The first kappa shape index (κ1) is 16.3. The predicted octanol–water partition coefficient (Wildman–Crippen LogP) is 3.00. The molecule has 0 saturated carbocycles. The number of nitrogens with zero attached hydrogens (tertiary/aromatic N) is 2. The van der Waals surface area contributed by atoms with Gasteiger partial charge in [-0.25, -0.2) is 9.78 Å². The molecule has 0 fully saturated rings. The van der Waals surface area contributed by atoms with Crippen molar-refractivity contribution in [2.45, 2.75) is 17.8 Å². The minimum atomic E-state index is -0.415. The van der Waals surface area contributed by atoms with Crippen molar-refractivity contribution >= 4 is 28.6 Å². The summed E-state index contributed by atoms with van der Waals surface area (Å²) in [5.74, 6) is 0.461. The van der Waals surface area contributed by atoms with Crippen molar-refractivity contribution in [3.8, 4) is 0 Å². The Kier molecular flexibility index (Phi) is 4.71. The van der Waals surface area contributed by atoms with Crippen molar-refractivity contribution in [2.75, 3.05) is 6.61 Å². The highest BCUT2D eigenvalue weighted by molar-refractivity contribution is 7.98. The molecule has 0 radical (unpaired) electrons. The molecule has 0 bridgehead atoms. The Labute approximate surface area is 142 Å². The van der Waals surface area contributed by atoms with Crippen LogP contribution >= 0.6 is 11.8 Å². The summed E-state index contributed by atoms with van der Waals surface area (Å²) < 4.78 is 11.9. The lowest BCUT2D eigenvalue weighted by Gasteiger charge is -2.08. The van der Waals surface area contributed by atoms with Gasteiger partial charge in [0.05, 0.1) is 29.5 Å². The minimum absolute atomic E-state index is 0.104. The highest BCUT2D eigenvalue weighted by Crippen LogP contribution is 2.24. The van der Waals surface area contributed by atoms with Gasteiger partial charge in [-0.05, 0) is 25.1 Å². The molecule has 0 saturated heterocycles. The van der Waals surface area contributed by atoms with Crippen LogP contribution in [0, 0.1) is 0 Å². The number of rotatable bonds is 5. The number of para-hydroxylation sites is 1. The Hall–Kier alpha value is -2.54. The van der Waals surface area contributed by atoms with E-state index >= 15 is 0 Å². The molecule has 0 aliphatic carbocycles. The molecular formula is C17H16N2O4S. The van der Waals surface area contributed by atoms with Crippen molar-refractivity contribution in [1.82, 2.24) is 9.55 Å². The summed E-state index contributed by atoms with van der Waals surface area (Å²) in [7, 11) is 1.68. The molecule has 2 heterocycles. The van der Waals surface area contributed by atoms with Crippen LogP contribution in [0.3, 0.4) is 0 Å². The summed E-state index contributed by atoms with van der Waals surface area (Å²) in [6.07, 6.45) is 1.45. The number of carbonyl (C=O) groups is 1. The highest BCUT2D eigenvalue weighted by Gasteiger charge is 2.17. The van der Waals surface area contributed by atoms with E-state index in [0.717, 1.165) is 0 Å². The van der Waals surface area contributed by atoms with E-state index in [1.165, 1.54) is 22.6 Å². The van der Waals surface area contributed by atoms with Gasteiger partial charge in [-0.1, -0.05) is 23.9 Å². The van der Waals surface area contributed by atoms with Crippen molar-refractivity contribution in [2.24, 2.45) is 7.05 Å². The summed E-state index contributed by atoms with van der Waals surface area (Å²) in [6.45, 7) is 2.05. The third-order valence-corrected chi connectivity index (χ3v) is 4.55. The van der Waals surface area contributed by atoms with Crippen molar-refractivity contribution in [1.29, 1.82) is 0 Å². The number of thioether (sulfide) groups is 1. The summed E-state index contributed by atoms with van der Waals surface area (Å²) in [5, 5.41) is 1.14. The molecule has 2 aromatic heterocycles. The van der Waals surface area contributed by atoms with E-state index in [2.05, 4.69) is 4.98 Å². The van der Waals surface area contributed by atoms with Crippen molar-refractivity contribution in [3.63, 3.8) is 0 Å². The number of furan rings is 1. The Morgan fingerprint density at radius 1 is 1.33 bits per heavy atom. The van der Waals surface area contributed by atoms with Gasteiger partial charge in [0, 0.05) is 7.05 Å². The van der Waals surface area contributed by atoms with E-state index in [0.29, 0.717) is 39.7 Å². The first-order chi connectivity index (χ1) is 11.6. The van der Waals surface area contributed by atoms with Gasteiger partial charge in [0.1, 0.15) is 11.3 Å². The fourth-order valence-corrected chi connectivity index (χ4v) is 3.22. The topological polar surface area (TPSA) is 74.3 Å². The Morgan fingerprint density at radius 3 is 2.92 bits per heavy atom. The molecule has 3 rings (SSSR count). The molecule has 6 nitrogen and oxygen atoms in total. The first-order valence-corrected chi connectivity index (χ1v) is 8.42. The van der Waals surface area contributed by atoms with Crippen LogP contribution in [-0.2, 0) is 17.5 Å². The Balaban J connectivity index is 1.87. The highest BCUT2D eigenvalue weighted by atomic mass is 32.2. The molecule has 0 atom stereocenters. The lowest BCUT2D eigenvalue weighted by molar-refractivity contribution is 0.0524. The average Bonchev–Trinajstić information content (AvgIpc) is 3.06. The van der Waals surface area contributed by atoms with E-state index in [1.54, 1.807) is 32.2 Å². The van der Waals surface area contributed by atoms with Crippen LogP contribution in [0.15, 0.2) is 51.0 Å². The zero-order valence-corrected chi connectivity index (χ0v) is 14.1. The van der Waals surface area contributed by atoms with Crippen LogP contribution in [0.4, 0.5) is 0 Å². The largest absolute Gasteiger partial charge is 0.468 e. The third kappa shape index (κ3) is 3.07. The monoisotopic (exact) mass is 344 g/mol. The fraction of sp³-hybridized carbons (Fsp3) is 0.235. The van der Waals surface area contributed by atoms with Crippen LogP contribution < -0.4 is 5.56 Å². The van der Waals surface area contributed by atoms with Gasteiger partial charge in [-0.15, -0.1) is 0 Å². The van der Waals surface area contributed by atoms with Gasteiger partial charge in [0.2, 0.25) is 0 Å². The summed E-state index contributed by atoms with van der Waals surface area (Å²) >= 11 is 1.33. The molecular weight excluding hydrogens is 328 g/mol. The van der Waals surface area contributed by atoms with Crippen LogP contribution in [0.5, 0.6) is 0 Å². The molecule has 0 N–H and O–H groups in total. The third-order valence-electron chi connectivity index (χ3n) is 3.52. The Bertz CT molecular complexity index is 945. The van der Waals surface area contributed by atoms with Gasteiger partial charge in [0.25, 0.3) is 5.56 Å². The molecule has 0 spiro atoms.